The number of ether oxygens (including phenoxy) is 1. The molecule has 0 radical (unpaired) electrons. The minimum absolute atomic E-state index is 0.127. The largest absolute Gasteiger partial charge is 0.482 e. The highest BCUT2D eigenvalue weighted by Crippen LogP contribution is 2.27. The predicted molar refractivity (Wildman–Crippen MR) is 100 cm³/mol. The molecule has 3 aromatic rings. The molecule has 2 heterocycles. The monoisotopic (exact) mass is 390 g/mol. The summed E-state index contributed by atoms with van der Waals surface area (Å²) in [4.78, 5) is 20.5. The van der Waals surface area contributed by atoms with Gasteiger partial charge in [0.1, 0.15) is 11.4 Å². The first-order chi connectivity index (χ1) is 12.6. The van der Waals surface area contributed by atoms with Crippen LogP contribution in [0.3, 0.4) is 0 Å². The molecule has 1 N–H and O–H groups in total. The molecule has 0 aliphatic carbocycles. The van der Waals surface area contributed by atoms with Crippen molar-refractivity contribution in [1.82, 2.24) is 19.9 Å². The predicted octanol–water partition coefficient (Wildman–Crippen LogP) is 3.45. The Bertz CT molecular complexity index is 884. The van der Waals surface area contributed by atoms with Gasteiger partial charge in [0.25, 0.3) is 5.91 Å². The van der Waals surface area contributed by atoms with Crippen molar-refractivity contribution in [3.63, 3.8) is 0 Å². The molecule has 134 valence electrons. The van der Waals surface area contributed by atoms with E-state index in [1.807, 2.05) is 29.0 Å². The maximum absolute atomic E-state index is 11.9. The summed E-state index contributed by atoms with van der Waals surface area (Å²) in [7, 11) is 0. The fraction of sp³-hybridized carbons (Fsp3) is 0.167. The molecule has 0 aliphatic rings. The third kappa shape index (κ3) is 4.74. The third-order valence-corrected chi connectivity index (χ3v) is 4.07. The van der Waals surface area contributed by atoms with Crippen molar-refractivity contribution in [3.8, 4) is 17.3 Å². The maximum Gasteiger partial charge on any atom is 0.258 e. The molecule has 0 saturated heterocycles. The minimum atomic E-state index is -0.240. The van der Waals surface area contributed by atoms with Crippen molar-refractivity contribution in [2.45, 2.75) is 6.54 Å². The van der Waals surface area contributed by atoms with Crippen molar-refractivity contribution < 1.29 is 9.53 Å². The van der Waals surface area contributed by atoms with E-state index in [1.165, 1.54) is 0 Å². The quantitative estimate of drug-likeness (QED) is 0.670. The van der Waals surface area contributed by atoms with Gasteiger partial charge in [-0.1, -0.05) is 29.3 Å². The Kier molecular flexibility index (Phi) is 6.09. The first kappa shape index (κ1) is 18.2. The van der Waals surface area contributed by atoms with Crippen molar-refractivity contribution >= 4 is 29.1 Å². The lowest BCUT2D eigenvalue weighted by Crippen LogP contribution is -2.31. The average molecular weight is 391 g/mol. The number of benzene rings is 1. The van der Waals surface area contributed by atoms with E-state index in [4.69, 9.17) is 27.9 Å². The number of hydrogen-bond donors (Lipinski definition) is 1. The summed E-state index contributed by atoms with van der Waals surface area (Å²) >= 11 is 11.8. The molecule has 1 aromatic carbocycles. The van der Waals surface area contributed by atoms with Gasteiger partial charge in [-0.3, -0.25) is 9.78 Å². The van der Waals surface area contributed by atoms with Crippen LogP contribution in [-0.2, 0) is 11.3 Å². The van der Waals surface area contributed by atoms with Gasteiger partial charge in [0.15, 0.2) is 12.4 Å². The molecule has 3 rings (SSSR count). The molecule has 0 bridgehead atoms. The van der Waals surface area contributed by atoms with Gasteiger partial charge < -0.3 is 14.6 Å². The van der Waals surface area contributed by atoms with E-state index in [1.54, 1.807) is 30.6 Å². The van der Waals surface area contributed by atoms with Gasteiger partial charge in [-0.15, -0.1) is 0 Å². The molecule has 0 aliphatic heterocycles. The normalized spacial score (nSPS) is 10.5. The van der Waals surface area contributed by atoms with Crippen molar-refractivity contribution in [3.05, 3.63) is 65.0 Å². The number of pyridine rings is 1. The van der Waals surface area contributed by atoms with E-state index in [-0.39, 0.29) is 12.5 Å². The molecular formula is C18H16Cl2N4O2. The highest BCUT2D eigenvalue weighted by Gasteiger charge is 2.08. The Morgan fingerprint density at radius 1 is 1.15 bits per heavy atom. The van der Waals surface area contributed by atoms with E-state index in [2.05, 4.69) is 15.3 Å². The molecular weight excluding hydrogens is 375 g/mol. The van der Waals surface area contributed by atoms with Gasteiger partial charge in [0, 0.05) is 36.7 Å². The number of halogens is 2. The van der Waals surface area contributed by atoms with Crippen LogP contribution in [0.2, 0.25) is 10.0 Å². The molecule has 0 saturated carbocycles. The number of carbonyl (C=O) groups is 1. The molecule has 0 atom stereocenters. The topological polar surface area (TPSA) is 69.0 Å². The SMILES string of the molecule is O=C(COc1ccc(Cl)cc1Cl)NCCn1ccnc1-c1ccccn1. The zero-order valence-corrected chi connectivity index (χ0v) is 15.2. The summed E-state index contributed by atoms with van der Waals surface area (Å²) in [5.74, 6) is 0.929. The lowest BCUT2D eigenvalue weighted by Gasteiger charge is -2.10. The molecule has 26 heavy (non-hydrogen) atoms. The van der Waals surface area contributed by atoms with Gasteiger partial charge in [0.05, 0.1) is 5.02 Å². The van der Waals surface area contributed by atoms with Crippen molar-refractivity contribution in [1.29, 1.82) is 0 Å². The second kappa shape index (κ2) is 8.69. The Balaban J connectivity index is 1.48. The lowest BCUT2D eigenvalue weighted by atomic mass is 10.3. The molecule has 0 spiro atoms. The number of amides is 1. The number of aromatic nitrogens is 3. The highest BCUT2D eigenvalue weighted by atomic mass is 35.5. The molecule has 6 nitrogen and oxygen atoms in total. The van der Waals surface area contributed by atoms with E-state index < -0.39 is 0 Å². The van der Waals surface area contributed by atoms with E-state index >= 15 is 0 Å². The maximum atomic E-state index is 11.9. The number of nitrogens with zero attached hydrogens (tertiary/aromatic N) is 3. The van der Waals surface area contributed by atoms with Crippen LogP contribution in [0, 0.1) is 0 Å². The summed E-state index contributed by atoms with van der Waals surface area (Å²) < 4.78 is 7.33. The van der Waals surface area contributed by atoms with Gasteiger partial charge in [-0.25, -0.2) is 4.98 Å². The average Bonchev–Trinajstić information content (AvgIpc) is 3.10. The van der Waals surface area contributed by atoms with Crippen LogP contribution in [0.1, 0.15) is 0 Å². The third-order valence-electron chi connectivity index (χ3n) is 3.54. The number of nitrogens with one attached hydrogen (secondary N) is 1. The van der Waals surface area contributed by atoms with Gasteiger partial charge in [-0.2, -0.15) is 0 Å². The second-order valence-corrected chi connectivity index (χ2v) is 6.22. The first-order valence-corrected chi connectivity index (χ1v) is 8.66. The van der Waals surface area contributed by atoms with Crippen LogP contribution in [0.25, 0.3) is 11.5 Å². The van der Waals surface area contributed by atoms with Crippen LogP contribution >= 0.6 is 23.2 Å². The fourth-order valence-corrected chi connectivity index (χ4v) is 2.78. The second-order valence-electron chi connectivity index (χ2n) is 5.37. The minimum Gasteiger partial charge on any atom is -0.482 e. The number of imidazole rings is 1. The zero-order chi connectivity index (χ0) is 18.4. The molecule has 8 heteroatoms. The summed E-state index contributed by atoms with van der Waals surface area (Å²) in [6.07, 6.45) is 5.27. The highest BCUT2D eigenvalue weighted by molar-refractivity contribution is 6.35. The van der Waals surface area contributed by atoms with Crippen LogP contribution in [0.4, 0.5) is 0 Å². The Hall–Kier alpha value is -2.57. The van der Waals surface area contributed by atoms with Gasteiger partial charge >= 0.3 is 0 Å². The summed E-state index contributed by atoms with van der Waals surface area (Å²) in [6, 6.07) is 10.5. The molecule has 1 amide bonds. The van der Waals surface area contributed by atoms with E-state index in [0.29, 0.717) is 28.9 Å². The molecule has 0 unspecified atom stereocenters. The van der Waals surface area contributed by atoms with E-state index in [0.717, 1.165) is 11.5 Å². The Morgan fingerprint density at radius 3 is 2.81 bits per heavy atom. The smallest absolute Gasteiger partial charge is 0.258 e. The Labute approximate surface area is 160 Å². The van der Waals surface area contributed by atoms with Gasteiger partial charge in [-0.05, 0) is 30.3 Å². The first-order valence-electron chi connectivity index (χ1n) is 7.90. The van der Waals surface area contributed by atoms with Crippen molar-refractivity contribution in [2.24, 2.45) is 0 Å². The molecule has 2 aromatic heterocycles. The fourth-order valence-electron chi connectivity index (χ4n) is 2.32. The van der Waals surface area contributed by atoms with Gasteiger partial charge in [0.2, 0.25) is 0 Å². The lowest BCUT2D eigenvalue weighted by molar-refractivity contribution is -0.123. The van der Waals surface area contributed by atoms with Crippen LogP contribution in [0.5, 0.6) is 5.75 Å². The standard InChI is InChI=1S/C18H16Cl2N4O2/c19-13-4-5-16(14(20)11-13)26-12-17(25)22-7-9-24-10-8-23-18(24)15-3-1-2-6-21-15/h1-6,8,10-11H,7,9,12H2,(H,22,25). The summed E-state index contributed by atoms with van der Waals surface area (Å²) in [5, 5.41) is 3.67. The Morgan fingerprint density at radius 2 is 2.04 bits per heavy atom. The van der Waals surface area contributed by atoms with Crippen molar-refractivity contribution in [2.75, 3.05) is 13.2 Å². The number of carbonyl (C=O) groups excluding carboxylic acids is 1. The van der Waals surface area contributed by atoms with E-state index in [9.17, 15) is 4.79 Å². The number of hydrogen-bond acceptors (Lipinski definition) is 4. The molecule has 0 fully saturated rings. The zero-order valence-electron chi connectivity index (χ0n) is 13.7. The van der Waals surface area contributed by atoms with Crippen LogP contribution in [0.15, 0.2) is 55.0 Å². The van der Waals surface area contributed by atoms with Crippen LogP contribution in [-0.4, -0.2) is 33.6 Å². The summed E-state index contributed by atoms with van der Waals surface area (Å²) in [6.45, 7) is 0.879. The summed E-state index contributed by atoms with van der Waals surface area (Å²) in [5.41, 5.74) is 0.782. The van der Waals surface area contributed by atoms with Crippen LogP contribution < -0.4 is 10.1 Å². The number of rotatable bonds is 7.